The van der Waals surface area contributed by atoms with Gasteiger partial charge < -0.3 is 10.3 Å². The maximum absolute atomic E-state index is 13.2. The summed E-state index contributed by atoms with van der Waals surface area (Å²) >= 11 is 0. The van der Waals surface area contributed by atoms with Crippen molar-refractivity contribution >= 4 is 26.8 Å². The van der Waals surface area contributed by atoms with Crippen molar-refractivity contribution in [1.29, 1.82) is 0 Å². The van der Waals surface area contributed by atoms with Crippen LogP contribution in [0.5, 0.6) is 0 Å². The van der Waals surface area contributed by atoms with E-state index in [1.165, 1.54) is 22.6 Å². The van der Waals surface area contributed by atoms with E-state index in [4.69, 9.17) is 0 Å². The molecule has 2 aromatic carbocycles. The number of H-pyrrole nitrogens is 1. The molecule has 0 spiro atoms. The molecule has 1 aromatic heterocycles. The van der Waals surface area contributed by atoms with Crippen LogP contribution in [0, 0.1) is 5.92 Å². The molecule has 2 heterocycles. The van der Waals surface area contributed by atoms with E-state index < -0.39 is 21.4 Å². The molecule has 1 atom stereocenters. The number of carbonyl (C=O) groups is 1. The van der Waals surface area contributed by atoms with Crippen LogP contribution in [-0.4, -0.2) is 42.7 Å². The number of aromatic nitrogens is 1. The highest BCUT2D eigenvalue weighted by atomic mass is 32.2. The topological polar surface area (TPSA) is 99.3 Å². The molecule has 8 heteroatoms. The molecule has 1 aliphatic rings. The number of hydrogen-bond donors (Lipinski definition) is 2. The van der Waals surface area contributed by atoms with Gasteiger partial charge in [-0.3, -0.25) is 9.59 Å². The number of nitrogens with zero attached hydrogens (tertiary/aromatic N) is 1. The van der Waals surface area contributed by atoms with E-state index in [2.05, 4.69) is 17.2 Å². The van der Waals surface area contributed by atoms with Gasteiger partial charge in [-0.1, -0.05) is 44.2 Å². The molecule has 0 saturated carbocycles. The number of fused-ring (bicyclic) bond motifs is 1. The lowest BCUT2D eigenvalue weighted by Crippen LogP contribution is -2.38. The van der Waals surface area contributed by atoms with Gasteiger partial charge in [0.15, 0.2) is 0 Å². The number of aromatic amines is 1. The molecule has 180 valence electrons. The van der Waals surface area contributed by atoms with Crippen molar-refractivity contribution in [2.45, 2.75) is 50.5 Å². The molecule has 0 bridgehead atoms. The Hall–Kier alpha value is -2.97. The second-order valence-corrected chi connectivity index (χ2v) is 11.0. The predicted molar refractivity (Wildman–Crippen MR) is 133 cm³/mol. The van der Waals surface area contributed by atoms with E-state index in [1.807, 2.05) is 37.3 Å². The van der Waals surface area contributed by atoms with Crippen LogP contribution in [0.3, 0.4) is 0 Å². The van der Waals surface area contributed by atoms with Crippen LogP contribution >= 0.6 is 0 Å². The lowest BCUT2D eigenvalue weighted by atomic mass is 10.0. The van der Waals surface area contributed by atoms with Crippen LogP contribution in [0.15, 0.2) is 64.4 Å². The highest BCUT2D eigenvalue weighted by Crippen LogP contribution is 2.25. The third-order valence-corrected chi connectivity index (χ3v) is 8.52. The first-order valence-electron chi connectivity index (χ1n) is 11.8. The number of sulfonamides is 1. The highest BCUT2D eigenvalue weighted by molar-refractivity contribution is 7.89. The van der Waals surface area contributed by atoms with Crippen molar-refractivity contribution < 1.29 is 13.2 Å². The Morgan fingerprint density at radius 2 is 1.85 bits per heavy atom. The number of hydrogen-bond acceptors (Lipinski definition) is 4. The molecular weight excluding hydrogens is 450 g/mol. The molecule has 0 radical (unpaired) electrons. The smallest absolute Gasteiger partial charge is 0.256 e. The SMILES string of the molecule is CC[C@@H](Cc1ccccc1)NC(=O)c1c[nH]c2ccc(S(=O)(=O)N3CCC(C)CC3)cc2c1=O. The van der Waals surface area contributed by atoms with Crippen molar-refractivity contribution in [1.82, 2.24) is 14.6 Å². The van der Waals surface area contributed by atoms with Crippen molar-refractivity contribution in [2.75, 3.05) is 13.1 Å². The van der Waals surface area contributed by atoms with Crippen LogP contribution in [0.25, 0.3) is 10.9 Å². The Morgan fingerprint density at radius 1 is 1.15 bits per heavy atom. The number of nitrogens with one attached hydrogen (secondary N) is 2. The summed E-state index contributed by atoms with van der Waals surface area (Å²) in [6.45, 7) is 5.05. The summed E-state index contributed by atoms with van der Waals surface area (Å²) in [4.78, 5) is 29.2. The maximum Gasteiger partial charge on any atom is 0.256 e. The number of piperidine rings is 1. The van der Waals surface area contributed by atoms with Crippen LogP contribution in [0.4, 0.5) is 0 Å². The Labute approximate surface area is 200 Å². The average Bonchev–Trinajstić information content (AvgIpc) is 2.84. The number of pyridine rings is 1. The number of rotatable bonds is 7. The van der Waals surface area contributed by atoms with E-state index in [9.17, 15) is 18.0 Å². The summed E-state index contributed by atoms with van der Waals surface area (Å²) in [6.07, 6.45) is 4.41. The third kappa shape index (κ3) is 5.08. The number of carbonyl (C=O) groups excluding carboxylic acids is 1. The minimum Gasteiger partial charge on any atom is -0.360 e. The van der Waals surface area contributed by atoms with E-state index >= 15 is 0 Å². The number of amides is 1. The van der Waals surface area contributed by atoms with Crippen molar-refractivity contribution in [3.05, 3.63) is 76.1 Å². The van der Waals surface area contributed by atoms with Gasteiger partial charge >= 0.3 is 0 Å². The van der Waals surface area contributed by atoms with Gasteiger partial charge in [0.05, 0.1) is 4.90 Å². The molecule has 4 rings (SSSR count). The molecule has 1 aliphatic heterocycles. The van der Waals surface area contributed by atoms with Crippen molar-refractivity contribution in [3.8, 4) is 0 Å². The zero-order valence-electron chi connectivity index (χ0n) is 19.6. The summed E-state index contributed by atoms with van der Waals surface area (Å²) in [5.74, 6) is 0.0324. The van der Waals surface area contributed by atoms with Gasteiger partial charge in [0.1, 0.15) is 5.56 Å². The van der Waals surface area contributed by atoms with E-state index in [-0.39, 0.29) is 21.9 Å². The van der Waals surface area contributed by atoms with Crippen LogP contribution in [0.2, 0.25) is 0 Å². The monoisotopic (exact) mass is 481 g/mol. The van der Waals surface area contributed by atoms with E-state index in [1.54, 1.807) is 6.07 Å². The van der Waals surface area contributed by atoms with Gasteiger partial charge in [0.25, 0.3) is 5.91 Å². The Balaban J connectivity index is 1.60. The minimum absolute atomic E-state index is 0.0274. The fourth-order valence-electron chi connectivity index (χ4n) is 4.36. The van der Waals surface area contributed by atoms with Gasteiger partial charge in [-0.15, -0.1) is 0 Å². The molecule has 3 aromatic rings. The van der Waals surface area contributed by atoms with E-state index in [0.29, 0.717) is 37.4 Å². The normalized spacial score (nSPS) is 16.4. The molecule has 2 N–H and O–H groups in total. The zero-order chi connectivity index (χ0) is 24.3. The molecule has 1 fully saturated rings. The fourth-order valence-corrected chi connectivity index (χ4v) is 5.86. The van der Waals surface area contributed by atoms with Gasteiger partial charge in [-0.25, -0.2) is 8.42 Å². The molecule has 1 amide bonds. The van der Waals surface area contributed by atoms with E-state index in [0.717, 1.165) is 18.4 Å². The van der Waals surface area contributed by atoms with Gasteiger partial charge in [-0.05, 0) is 55.4 Å². The quantitative estimate of drug-likeness (QED) is 0.537. The second-order valence-electron chi connectivity index (χ2n) is 9.09. The second kappa shape index (κ2) is 10.1. The summed E-state index contributed by atoms with van der Waals surface area (Å²) < 4.78 is 27.8. The first kappa shape index (κ1) is 24.2. The zero-order valence-corrected chi connectivity index (χ0v) is 20.4. The first-order valence-corrected chi connectivity index (χ1v) is 13.2. The molecule has 0 aliphatic carbocycles. The lowest BCUT2D eigenvalue weighted by Gasteiger charge is -2.29. The summed E-state index contributed by atoms with van der Waals surface area (Å²) in [5.41, 5.74) is 1.08. The molecule has 7 nitrogen and oxygen atoms in total. The fraction of sp³-hybridized carbons (Fsp3) is 0.385. The van der Waals surface area contributed by atoms with Crippen molar-refractivity contribution in [2.24, 2.45) is 5.92 Å². The summed E-state index contributed by atoms with van der Waals surface area (Å²) in [7, 11) is -3.70. The minimum atomic E-state index is -3.70. The molecule has 0 unspecified atom stereocenters. The Morgan fingerprint density at radius 3 is 2.53 bits per heavy atom. The Kier molecular flexibility index (Phi) is 7.19. The maximum atomic E-state index is 13.2. The van der Waals surface area contributed by atoms with Gasteiger partial charge in [0.2, 0.25) is 15.5 Å². The van der Waals surface area contributed by atoms with Crippen LogP contribution < -0.4 is 10.7 Å². The third-order valence-electron chi connectivity index (χ3n) is 6.63. The first-order chi connectivity index (χ1) is 16.3. The van der Waals surface area contributed by atoms with Crippen LogP contribution in [0.1, 0.15) is 49.0 Å². The van der Waals surface area contributed by atoms with Gasteiger partial charge in [0, 0.05) is 36.2 Å². The average molecular weight is 482 g/mol. The predicted octanol–water partition coefficient (Wildman–Crippen LogP) is 3.70. The standard InChI is InChI=1S/C26H31N3O4S/c1-3-20(15-19-7-5-4-6-8-19)28-26(31)23-17-27-24-10-9-21(16-22(24)25(23)30)34(32,33)29-13-11-18(2)12-14-29/h4-10,16-18,20H,3,11-15H2,1-2H3,(H,27,30)(H,28,31)/t20-/m0/s1. The Bertz CT molecular complexity index is 1330. The summed E-state index contributed by atoms with van der Waals surface area (Å²) in [6, 6.07) is 14.2. The summed E-state index contributed by atoms with van der Waals surface area (Å²) in [5, 5.41) is 3.14. The largest absolute Gasteiger partial charge is 0.360 e. The molecular formula is C26H31N3O4S. The van der Waals surface area contributed by atoms with Crippen LogP contribution in [-0.2, 0) is 16.4 Å². The van der Waals surface area contributed by atoms with Gasteiger partial charge in [-0.2, -0.15) is 4.31 Å². The molecule has 1 saturated heterocycles. The molecule has 34 heavy (non-hydrogen) atoms. The lowest BCUT2D eigenvalue weighted by molar-refractivity contribution is 0.0934. The van der Waals surface area contributed by atoms with Crippen molar-refractivity contribution in [3.63, 3.8) is 0 Å². The highest BCUT2D eigenvalue weighted by Gasteiger charge is 2.28. The number of benzene rings is 2.